The summed E-state index contributed by atoms with van der Waals surface area (Å²) >= 11 is 1.72. The van der Waals surface area contributed by atoms with Gasteiger partial charge in [0.15, 0.2) is 0 Å². The van der Waals surface area contributed by atoms with Gasteiger partial charge in [-0.05, 0) is 34.7 Å². The van der Waals surface area contributed by atoms with Crippen molar-refractivity contribution in [3.63, 3.8) is 0 Å². The van der Waals surface area contributed by atoms with E-state index in [1.807, 2.05) is 42.5 Å². The van der Waals surface area contributed by atoms with Gasteiger partial charge >= 0.3 is 0 Å². The lowest BCUT2D eigenvalue weighted by Crippen LogP contribution is -1.99. The summed E-state index contributed by atoms with van der Waals surface area (Å²) in [5.74, 6) is 0. The first-order valence-corrected chi connectivity index (χ1v) is 8.31. The Hall–Kier alpha value is -2.66. The van der Waals surface area contributed by atoms with Crippen LogP contribution in [-0.2, 0) is 13.6 Å². The van der Waals surface area contributed by atoms with Crippen molar-refractivity contribution in [1.29, 1.82) is 0 Å². The highest BCUT2D eigenvalue weighted by Crippen LogP contribution is 2.27. The van der Waals surface area contributed by atoms with Gasteiger partial charge < -0.3 is 5.32 Å². The van der Waals surface area contributed by atoms with Crippen LogP contribution < -0.4 is 5.32 Å². The summed E-state index contributed by atoms with van der Waals surface area (Å²) in [6.45, 7) is 0.783. The van der Waals surface area contributed by atoms with Crippen molar-refractivity contribution in [3.05, 3.63) is 65.9 Å². The third kappa shape index (κ3) is 2.83. The first-order valence-electron chi connectivity index (χ1n) is 7.44. The smallest absolute Gasteiger partial charge is 0.0830 e. The predicted molar refractivity (Wildman–Crippen MR) is 95.6 cm³/mol. The Morgan fingerprint density at radius 2 is 2.13 bits per heavy atom. The zero-order chi connectivity index (χ0) is 15.6. The second kappa shape index (κ2) is 5.85. The van der Waals surface area contributed by atoms with E-state index in [-0.39, 0.29) is 0 Å². The topological polar surface area (TPSA) is 42.7 Å². The Morgan fingerprint density at radius 1 is 1.17 bits per heavy atom. The molecule has 0 atom stereocenters. The van der Waals surface area contributed by atoms with Gasteiger partial charge in [-0.15, -0.1) is 11.3 Å². The van der Waals surface area contributed by atoms with E-state index < -0.39 is 0 Å². The van der Waals surface area contributed by atoms with Crippen LogP contribution >= 0.6 is 11.3 Å². The van der Waals surface area contributed by atoms with E-state index in [1.165, 1.54) is 15.8 Å². The molecule has 5 heteroatoms. The van der Waals surface area contributed by atoms with Gasteiger partial charge in [0.1, 0.15) is 0 Å². The van der Waals surface area contributed by atoms with Crippen LogP contribution in [0.4, 0.5) is 5.69 Å². The average molecular weight is 320 g/mol. The summed E-state index contributed by atoms with van der Waals surface area (Å²) in [5, 5.41) is 9.84. The number of nitrogens with one attached hydrogen (secondary N) is 1. The molecule has 0 saturated heterocycles. The van der Waals surface area contributed by atoms with Crippen LogP contribution in [0.15, 0.2) is 60.4 Å². The highest BCUT2D eigenvalue weighted by atomic mass is 32.1. The molecule has 1 aromatic carbocycles. The number of nitrogens with zero attached hydrogens (tertiary/aromatic N) is 3. The molecule has 23 heavy (non-hydrogen) atoms. The highest BCUT2D eigenvalue weighted by molar-refractivity contribution is 7.17. The molecule has 0 unspecified atom stereocenters. The molecule has 4 nitrogen and oxygen atoms in total. The third-order valence-electron chi connectivity index (χ3n) is 3.79. The highest BCUT2D eigenvalue weighted by Gasteiger charge is 2.04. The van der Waals surface area contributed by atoms with E-state index in [2.05, 4.69) is 45.0 Å². The summed E-state index contributed by atoms with van der Waals surface area (Å²) in [5.41, 5.74) is 5.75. The molecule has 0 fully saturated rings. The maximum Gasteiger partial charge on any atom is 0.0830 e. The fourth-order valence-corrected chi connectivity index (χ4v) is 3.48. The molecule has 0 radical (unpaired) electrons. The number of anilines is 1. The number of benzene rings is 1. The van der Waals surface area contributed by atoms with E-state index in [4.69, 9.17) is 0 Å². The number of hydrogen-bond acceptors (Lipinski definition) is 4. The van der Waals surface area contributed by atoms with E-state index in [0.29, 0.717) is 0 Å². The number of hydrogen-bond donors (Lipinski definition) is 1. The fraction of sp³-hybridized carbons (Fsp3) is 0.111. The van der Waals surface area contributed by atoms with E-state index in [0.717, 1.165) is 23.3 Å². The SMILES string of the molecule is Cn1cc(-c2cccc(CNc3ccnc4ccsc34)c2)cn1. The van der Waals surface area contributed by atoms with Crippen molar-refractivity contribution in [2.24, 2.45) is 7.05 Å². The Morgan fingerprint density at radius 3 is 3.00 bits per heavy atom. The molecule has 0 bridgehead atoms. The molecular weight excluding hydrogens is 304 g/mol. The first-order chi connectivity index (χ1) is 11.3. The summed E-state index contributed by atoms with van der Waals surface area (Å²) in [6, 6.07) is 12.6. The number of pyridine rings is 1. The molecule has 3 aromatic heterocycles. The molecule has 114 valence electrons. The van der Waals surface area contributed by atoms with Crippen molar-refractivity contribution in [3.8, 4) is 11.1 Å². The van der Waals surface area contributed by atoms with Gasteiger partial charge in [-0.25, -0.2) is 0 Å². The number of aromatic nitrogens is 3. The largest absolute Gasteiger partial charge is 0.380 e. The summed E-state index contributed by atoms with van der Waals surface area (Å²) in [6.07, 6.45) is 5.78. The van der Waals surface area contributed by atoms with Crippen molar-refractivity contribution < 1.29 is 0 Å². The lowest BCUT2D eigenvalue weighted by molar-refractivity contribution is 0.768. The van der Waals surface area contributed by atoms with E-state index in [1.54, 1.807) is 11.3 Å². The van der Waals surface area contributed by atoms with E-state index in [9.17, 15) is 0 Å². The molecule has 0 saturated carbocycles. The Balaban J connectivity index is 1.56. The van der Waals surface area contributed by atoms with Crippen molar-refractivity contribution >= 4 is 27.2 Å². The lowest BCUT2D eigenvalue weighted by atomic mass is 10.1. The third-order valence-corrected chi connectivity index (χ3v) is 4.73. The quantitative estimate of drug-likeness (QED) is 0.609. The summed E-state index contributed by atoms with van der Waals surface area (Å²) in [7, 11) is 1.94. The molecule has 0 spiro atoms. The molecule has 0 amide bonds. The van der Waals surface area contributed by atoms with Gasteiger partial charge in [0.25, 0.3) is 0 Å². The number of aryl methyl sites for hydroxylation is 1. The van der Waals surface area contributed by atoms with Gasteiger partial charge in [-0.2, -0.15) is 5.10 Å². The van der Waals surface area contributed by atoms with Gasteiger partial charge in [-0.1, -0.05) is 18.2 Å². The second-order valence-electron chi connectivity index (χ2n) is 5.45. The second-order valence-corrected chi connectivity index (χ2v) is 6.37. The predicted octanol–water partition coefficient (Wildman–Crippen LogP) is 4.31. The number of thiophene rings is 1. The minimum atomic E-state index is 0.783. The standard InChI is InChI=1S/C18H16N4S/c1-22-12-15(11-21-22)14-4-2-3-13(9-14)10-20-16-5-7-19-17-6-8-23-18(16)17/h2-9,11-12H,10H2,1H3,(H,19,20). The number of fused-ring (bicyclic) bond motifs is 1. The Kier molecular flexibility index (Phi) is 3.55. The molecular formula is C18H16N4S. The van der Waals surface area contributed by atoms with Crippen molar-refractivity contribution in [2.75, 3.05) is 5.32 Å². The Labute approximate surface area is 138 Å². The minimum Gasteiger partial charge on any atom is -0.380 e. The monoisotopic (exact) mass is 320 g/mol. The van der Waals surface area contributed by atoms with Gasteiger partial charge in [0, 0.05) is 31.5 Å². The van der Waals surface area contributed by atoms with Gasteiger partial charge in [0.05, 0.1) is 22.1 Å². The Bertz CT molecular complexity index is 954. The molecule has 4 aromatic rings. The average Bonchev–Trinajstić information content (AvgIpc) is 3.22. The zero-order valence-electron chi connectivity index (χ0n) is 12.7. The molecule has 4 rings (SSSR count). The van der Waals surface area contributed by atoms with Gasteiger partial charge in [-0.3, -0.25) is 9.67 Å². The zero-order valence-corrected chi connectivity index (χ0v) is 13.5. The van der Waals surface area contributed by atoms with E-state index >= 15 is 0 Å². The number of rotatable bonds is 4. The maximum absolute atomic E-state index is 4.37. The molecule has 1 N–H and O–H groups in total. The van der Waals surface area contributed by atoms with Crippen LogP contribution in [0, 0.1) is 0 Å². The molecule has 0 aliphatic carbocycles. The van der Waals surface area contributed by atoms with Gasteiger partial charge in [0.2, 0.25) is 0 Å². The molecule has 0 aliphatic heterocycles. The molecule has 3 heterocycles. The van der Waals surface area contributed by atoms with Crippen LogP contribution in [0.5, 0.6) is 0 Å². The van der Waals surface area contributed by atoms with Crippen molar-refractivity contribution in [1.82, 2.24) is 14.8 Å². The normalized spacial score (nSPS) is 11.0. The molecule has 0 aliphatic rings. The van der Waals surface area contributed by atoms with Crippen LogP contribution in [0.1, 0.15) is 5.56 Å². The van der Waals surface area contributed by atoms with Crippen LogP contribution in [0.2, 0.25) is 0 Å². The minimum absolute atomic E-state index is 0.783. The van der Waals surface area contributed by atoms with Crippen LogP contribution in [0.3, 0.4) is 0 Å². The van der Waals surface area contributed by atoms with Crippen molar-refractivity contribution in [2.45, 2.75) is 6.54 Å². The summed E-state index contributed by atoms with van der Waals surface area (Å²) in [4.78, 5) is 4.37. The lowest BCUT2D eigenvalue weighted by Gasteiger charge is -2.08. The van der Waals surface area contributed by atoms with Crippen LogP contribution in [-0.4, -0.2) is 14.8 Å². The summed E-state index contributed by atoms with van der Waals surface area (Å²) < 4.78 is 3.03. The van der Waals surface area contributed by atoms with Crippen LogP contribution in [0.25, 0.3) is 21.3 Å². The fourth-order valence-electron chi connectivity index (χ4n) is 2.64. The maximum atomic E-state index is 4.37. The first kappa shape index (κ1) is 14.0.